The van der Waals surface area contributed by atoms with Gasteiger partial charge in [-0.15, -0.1) is 0 Å². The van der Waals surface area contributed by atoms with E-state index in [1.54, 1.807) is 12.1 Å². The van der Waals surface area contributed by atoms with Gasteiger partial charge in [0.25, 0.3) is 0 Å². The summed E-state index contributed by atoms with van der Waals surface area (Å²) in [7, 11) is 0. The molecule has 3 N–H and O–H groups in total. The number of hydrogen-bond acceptors (Lipinski definition) is 4. The normalized spacial score (nSPS) is 15.1. The first-order chi connectivity index (χ1) is 6.56. The number of benzene rings is 1. The van der Waals surface area contributed by atoms with Crippen molar-refractivity contribution in [2.45, 2.75) is 12.2 Å². The van der Waals surface area contributed by atoms with Gasteiger partial charge in [-0.25, -0.2) is 0 Å². The van der Waals surface area contributed by atoms with Crippen molar-refractivity contribution in [3.05, 3.63) is 28.2 Å². The van der Waals surface area contributed by atoms with Gasteiger partial charge in [-0.2, -0.15) is 12.6 Å². The minimum Gasteiger partial charge on any atom is -0.508 e. The van der Waals surface area contributed by atoms with Gasteiger partial charge in [-0.3, -0.25) is 0 Å². The third-order valence-electron chi connectivity index (χ3n) is 1.86. The van der Waals surface area contributed by atoms with Crippen LogP contribution < -0.4 is 0 Å². The molecule has 0 fully saturated rings. The molecule has 0 bridgehead atoms. The Balaban J connectivity index is 2.95. The van der Waals surface area contributed by atoms with Crippen LogP contribution in [0.3, 0.4) is 0 Å². The zero-order valence-corrected chi connectivity index (χ0v) is 9.74. The molecule has 2 atom stereocenters. The van der Waals surface area contributed by atoms with Gasteiger partial charge >= 0.3 is 0 Å². The summed E-state index contributed by atoms with van der Waals surface area (Å²) in [5.41, 5.74) is 0.301. The number of rotatable bonds is 3. The Morgan fingerprint density at radius 3 is 2.50 bits per heavy atom. The molecular weight excluding hydrogens is 268 g/mol. The van der Waals surface area contributed by atoms with E-state index in [-0.39, 0.29) is 11.5 Å². The molecule has 0 saturated carbocycles. The van der Waals surface area contributed by atoms with Crippen molar-refractivity contribution in [2.75, 3.05) is 5.75 Å². The molecule has 5 heteroatoms. The average Bonchev–Trinajstić information content (AvgIpc) is 2.15. The fourth-order valence-corrected chi connectivity index (χ4v) is 1.62. The molecule has 1 aromatic rings. The molecule has 0 amide bonds. The lowest BCUT2D eigenvalue weighted by molar-refractivity contribution is 0.0323. The van der Waals surface area contributed by atoms with Gasteiger partial charge in [0, 0.05) is 15.8 Å². The quantitative estimate of drug-likeness (QED) is 0.634. The Morgan fingerprint density at radius 1 is 1.36 bits per heavy atom. The minimum absolute atomic E-state index is 0.0484. The monoisotopic (exact) mass is 278 g/mol. The second kappa shape index (κ2) is 5.02. The van der Waals surface area contributed by atoms with Crippen molar-refractivity contribution in [2.24, 2.45) is 0 Å². The summed E-state index contributed by atoms with van der Waals surface area (Å²) >= 11 is 7.04. The molecule has 2 unspecified atom stereocenters. The van der Waals surface area contributed by atoms with Gasteiger partial charge in [-0.1, -0.05) is 22.0 Å². The van der Waals surface area contributed by atoms with E-state index in [0.717, 1.165) is 0 Å². The number of aromatic hydroxyl groups is 1. The highest BCUT2D eigenvalue weighted by Gasteiger charge is 2.19. The molecule has 0 aliphatic carbocycles. The van der Waals surface area contributed by atoms with Crippen LogP contribution in [0.4, 0.5) is 0 Å². The molecule has 0 heterocycles. The summed E-state index contributed by atoms with van der Waals surface area (Å²) in [6.07, 6.45) is -2.09. The molecule has 0 aromatic heterocycles. The fourth-order valence-electron chi connectivity index (χ4n) is 1.07. The van der Waals surface area contributed by atoms with Crippen molar-refractivity contribution in [3.8, 4) is 5.75 Å². The summed E-state index contributed by atoms with van der Waals surface area (Å²) in [6.45, 7) is 0. The number of aliphatic hydroxyl groups excluding tert-OH is 2. The maximum Gasteiger partial charge on any atom is 0.122 e. The summed E-state index contributed by atoms with van der Waals surface area (Å²) in [6, 6.07) is 4.70. The van der Waals surface area contributed by atoms with E-state index >= 15 is 0 Å². The van der Waals surface area contributed by atoms with Gasteiger partial charge in [0.1, 0.15) is 11.9 Å². The van der Waals surface area contributed by atoms with Crippen LogP contribution in [-0.4, -0.2) is 27.2 Å². The fraction of sp³-hybridized carbons (Fsp3) is 0.333. The Labute approximate surface area is 95.9 Å². The first-order valence-electron chi connectivity index (χ1n) is 4.01. The van der Waals surface area contributed by atoms with Gasteiger partial charge in [0.2, 0.25) is 0 Å². The first-order valence-corrected chi connectivity index (χ1v) is 5.44. The summed E-state index contributed by atoms with van der Waals surface area (Å²) in [5, 5.41) is 28.4. The summed E-state index contributed by atoms with van der Waals surface area (Å²) < 4.78 is 0.714. The van der Waals surface area contributed by atoms with Crippen LogP contribution in [0.1, 0.15) is 11.7 Å². The van der Waals surface area contributed by atoms with E-state index in [1.807, 2.05) is 0 Å². The second-order valence-corrected chi connectivity index (χ2v) is 4.18. The Kier molecular flexibility index (Phi) is 4.25. The largest absolute Gasteiger partial charge is 0.508 e. The molecule has 0 radical (unpaired) electrons. The highest BCUT2D eigenvalue weighted by atomic mass is 79.9. The SMILES string of the molecule is Oc1cc(Br)ccc1C(O)C(O)CS. The number of halogens is 1. The van der Waals surface area contributed by atoms with E-state index < -0.39 is 12.2 Å². The van der Waals surface area contributed by atoms with E-state index in [1.165, 1.54) is 6.07 Å². The van der Waals surface area contributed by atoms with Gasteiger partial charge in [0.15, 0.2) is 0 Å². The molecule has 78 valence electrons. The molecule has 0 aliphatic rings. The van der Waals surface area contributed by atoms with Crippen molar-refractivity contribution in [1.82, 2.24) is 0 Å². The van der Waals surface area contributed by atoms with Crippen molar-refractivity contribution >= 4 is 28.6 Å². The molecular formula is C9H11BrO3S. The molecule has 0 saturated heterocycles. The molecule has 0 aliphatic heterocycles. The molecule has 3 nitrogen and oxygen atoms in total. The van der Waals surface area contributed by atoms with Gasteiger partial charge in [-0.05, 0) is 12.1 Å². The maximum atomic E-state index is 9.59. The number of aliphatic hydroxyl groups is 2. The lowest BCUT2D eigenvalue weighted by Gasteiger charge is -2.17. The number of phenols is 1. The maximum absolute atomic E-state index is 9.59. The van der Waals surface area contributed by atoms with Crippen LogP contribution in [0.5, 0.6) is 5.75 Å². The highest BCUT2D eigenvalue weighted by Crippen LogP contribution is 2.29. The van der Waals surface area contributed by atoms with Gasteiger partial charge in [0.05, 0.1) is 6.10 Å². The first kappa shape index (κ1) is 11.8. The average molecular weight is 279 g/mol. The minimum atomic E-state index is -1.11. The predicted octanol–water partition coefficient (Wildman–Crippen LogP) is 1.48. The lowest BCUT2D eigenvalue weighted by atomic mass is 10.0. The number of phenolic OH excluding ortho intramolecular Hbond substituents is 1. The third-order valence-corrected chi connectivity index (χ3v) is 2.73. The van der Waals surface area contributed by atoms with Crippen LogP contribution in [0, 0.1) is 0 Å². The van der Waals surface area contributed by atoms with E-state index in [4.69, 9.17) is 0 Å². The Bertz CT molecular complexity index is 319. The second-order valence-electron chi connectivity index (χ2n) is 2.90. The topological polar surface area (TPSA) is 60.7 Å². The van der Waals surface area contributed by atoms with Crippen LogP contribution in [0.2, 0.25) is 0 Å². The van der Waals surface area contributed by atoms with Gasteiger partial charge < -0.3 is 15.3 Å². The van der Waals surface area contributed by atoms with Crippen molar-refractivity contribution < 1.29 is 15.3 Å². The van der Waals surface area contributed by atoms with Crippen molar-refractivity contribution in [3.63, 3.8) is 0 Å². The smallest absolute Gasteiger partial charge is 0.122 e. The Hall–Kier alpha value is -0.230. The zero-order chi connectivity index (χ0) is 10.7. The third kappa shape index (κ3) is 2.63. The van der Waals surface area contributed by atoms with Crippen LogP contribution in [0.15, 0.2) is 22.7 Å². The summed E-state index contributed by atoms with van der Waals surface area (Å²) in [4.78, 5) is 0. The molecule has 1 aromatic carbocycles. The van der Waals surface area contributed by atoms with Crippen LogP contribution >= 0.6 is 28.6 Å². The molecule has 1 rings (SSSR count). The van der Waals surface area contributed by atoms with E-state index in [2.05, 4.69) is 28.6 Å². The Morgan fingerprint density at radius 2 is 2.00 bits per heavy atom. The number of thiol groups is 1. The number of hydrogen-bond donors (Lipinski definition) is 4. The molecule has 0 spiro atoms. The van der Waals surface area contributed by atoms with E-state index in [0.29, 0.717) is 10.0 Å². The standard InChI is InChI=1S/C9H11BrO3S/c10-5-1-2-6(7(11)3-5)9(13)8(12)4-14/h1-3,8-9,11-14H,4H2. The summed E-state index contributed by atoms with van der Waals surface area (Å²) in [5.74, 6) is 0.0872. The van der Waals surface area contributed by atoms with Crippen LogP contribution in [-0.2, 0) is 0 Å². The predicted molar refractivity (Wildman–Crippen MR) is 60.6 cm³/mol. The highest BCUT2D eigenvalue weighted by molar-refractivity contribution is 9.10. The van der Waals surface area contributed by atoms with E-state index in [9.17, 15) is 15.3 Å². The van der Waals surface area contributed by atoms with Crippen LogP contribution in [0.25, 0.3) is 0 Å². The zero-order valence-electron chi connectivity index (χ0n) is 7.26. The van der Waals surface area contributed by atoms with Crippen molar-refractivity contribution in [1.29, 1.82) is 0 Å². The molecule has 14 heavy (non-hydrogen) atoms. The lowest BCUT2D eigenvalue weighted by Crippen LogP contribution is -2.19.